The molecule has 18 heavy (non-hydrogen) atoms. The number of unbranched alkanes of at least 4 members (excludes halogenated alkanes) is 2. The molecule has 0 bridgehead atoms. The topological polar surface area (TPSA) is 89.1 Å². The molecular weight excluding hydrogens is 234 g/mol. The Morgan fingerprint density at radius 1 is 1.33 bits per heavy atom. The van der Waals surface area contributed by atoms with Gasteiger partial charge in [0.15, 0.2) is 0 Å². The van der Waals surface area contributed by atoms with E-state index in [0.29, 0.717) is 12.1 Å². The van der Waals surface area contributed by atoms with E-state index in [1.807, 2.05) is 13.8 Å². The van der Waals surface area contributed by atoms with Gasteiger partial charge >= 0.3 is 5.97 Å². The quantitative estimate of drug-likeness (QED) is 0.523. The highest BCUT2D eigenvalue weighted by Gasteiger charge is 2.29. The lowest BCUT2D eigenvalue weighted by molar-refractivity contribution is -0.141. The number of carbonyl (C=O) groups is 1. The van der Waals surface area contributed by atoms with E-state index in [-0.39, 0.29) is 11.4 Å². The van der Waals surface area contributed by atoms with Gasteiger partial charge in [-0.25, -0.2) is 4.79 Å². The Labute approximate surface area is 109 Å². The number of carboxylic acid groups (broad SMARTS) is 1. The van der Waals surface area contributed by atoms with E-state index in [0.717, 1.165) is 19.3 Å². The molecule has 5 heteroatoms. The maximum atomic E-state index is 11.2. The maximum Gasteiger partial charge on any atom is 0.326 e. The Hall–Kier alpha value is -1.16. The maximum absolute atomic E-state index is 11.2. The summed E-state index contributed by atoms with van der Waals surface area (Å²) in [6, 6.07) is -0.843. The molecule has 1 unspecified atom stereocenters. The standard InChI is InChI=1S/C13H23NO3.H2O/c1-5-6-7-8-14(4)12(13(16)17)11(9-15)10(2)3;/h10,12H,5-8H2,1-4H3,(H,16,17);1H2. The molecule has 0 aromatic heterocycles. The summed E-state index contributed by atoms with van der Waals surface area (Å²) >= 11 is 0. The molecule has 3 N–H and O–H groups in total. The third-order valence-electron chi connectivity index (χ3n) is 2.82. The van der Waals surface area contributed by atoms with Crippen molar-refractivity contribution in [1.82, 2.24) is 4.90 Å². The molecule has 0 radical (unpaired) electrons. The summed E-state index contributed by atoms with van der Waals surface area (Å²) in [6.07, 6.45) is 3.10. The van der Waals surface area contributed by atoms with Gasteiger partial charge in [-0.2, -0.15) is 0 Å². The van der Waals surface area contributed by atoms with E-state index < -0.39 is 12.0 Å². The van der Waals surface area contributed by atoms with Gasteiger partial charge in [-0.3, -0.25) is 9.69 Å². The number of hydrogen-bond donors (Lipinski definition) is 1. The minimum absolute atomic E-state index is 0. The Balaban J connectivity index is 0. The molecule has 0 rings (SSSR count). The van der Waals surface area contributed by atoms with Crippen molar-refractivity contribution in [2.75, 3.05) is 13.6 Å². The van der Waals surface area contributed by atoms with E-state index >= 15 is 0 Å². The van der Waals surface area contributed by atoms with Crippen LogP contribution in [0.3, 0.4) is 0 Å². The molecule has 0 amide bonds. The van der Waals surface area contributed by atoms with Crippen molar-refractivity contribution in [3.63, 3.8) is 0 Å². The predicted molar refractivity (Wildman–Crippen MR) is 71.2 cm³/mol. The third kappa shape index (κ3) is 5.96. The molecule has 0 aliphatic carbocycles. The summed E-state index contributed by atoms with van der Waals surface area (Å²) in [5, 5.41) is 9.21. The highest BCUT2D eigenvalue weighted by Crippen LogP contribution is 2.16. The van der Waals surface area contributed by atoms with Crippen LogP contribution in [0.25, 0.3) is 0 Å². The molecule has 1 atom stereocenters. The molecule has 0 fully saturated rings. The van der Waals surface area contributed by atoms with Crippen molar-refractivity contribution in [3.8, 4) is 0 Å². The molecule has 0 heterocycles. The van der Waals surface area contributed by atoms with Crippen LogP contribution in [0.5, 0.6) is 0 Å². The number of carbonyl (C=O) groups excluding carboxylic acids is 1. The number of hydrogen-bond acceptors (Lipinski definition) is 3. The lowest BCUT2D eigenvalue weighted by Gasteiger charge is -2.26. The van der Waals surface area contributed by atoms with Gasteiger partial charge in [0.2, 0.25) is 0 Å². The van der Waals surface area contributed by atoms with Crippen molar-refractivity contribution in [2.24, 2.45) is 5.92 Å². The molecule has 106 valence electrons. The highest BCUT2D eigenvalue weighted by atomic mass is 16.4. The van der Waals surface area contributed by atoms with Gasteiger partial charge in [-0.05, 0) is 25.9 Å². The Morgan fingerprint density at radius 3 is 2.22 bits per heavy atom. The second-order valence-electron chi connectivity index (χ2n) is 4.64. The van der Waals surface area contributed by atoms with Gasteiger partial charge < -0.3 is 10.6 Å². The van der Waals surface area contributed by atoms with Gasteiger partial charge in [0.1, 0.15) is 12.0 Å². The number of likely N-dealkylation sites (N-methyl/N-ethyl adjacent to an activating group) is 1. The van der Waals surface area contributed by atoms with Crippen LogP contribution in [-0.4, -0.2) is 47.0 Å². The predicted octanol–water partition coefficient (Wildman–Crippen LogP) is 1.15. The average Bonchev–Trinajstić information content (AvgIpc) is 2.24. The Bertz CT molecular complexity index is 295. The van der Waals surface area contributed by atoms with Crippen LogP contribution in [0.2, 0.25) is 0 Å². The lowest BCUT2D eigenvalue weighted by atomic mass is 9.96. The van der Waals surface area contributed by atoms with E-state index in [2.05, 4.69) is 6.92 Å². The third-order valence-corrected chi connectivity index (χ3v) is 2.82. The largest absolute Gasteiger partial charge is 0.480 e. The molecule has 0 saturated heterocycles. The zero-order chi connectivity index (χ0) is 13.4. The fourth-order valence-electron chi connectivity index (χ4n) is 1.79. The minimum Gasteiger partial charge on any atom is -0.480 e. The van der Waals surface area contributed by atoms with Crippen molar-refractivity contribution >= 4 is 11.9 Å². The number of carboxylic acids is 1. The minimum atomic E-state index is -0.976. The zero-order valence-electron chi connectivity index (χ0n) is 11.7. The lowest BCUT2D eigenvalue weighted by Crippen LogP contribution is -2.42. The first-order valence-corrected chi connectivity index (χ1v) is 6.13. The second kappa shape index (κ2) is 9.83. The molecule has 0 saturated carbocycles. The summed E-state index contributed by atoms with van der Waals surface area (Å²) in [5.74, 6) is 0.727. The van der Waals surface area contributed by atoms with Crippen molar-refractivity contribution in [2.45, 2.75) is 46.1 Å². The second-order valence-corrected chi connectivity index (χ2v) is 4.64. The summed E-state index contributed by atoms with van der Waals surface area (Å²) in [5.41, 5.74) is 0.316. The van der Waals surface area contributed by atoms with Crippen molar-refractivity contribution in [1.29, 1.82) is 0 Å². The number of nitrogens with zero attached hydrogens (tertiary/aromatic N) is 1. The SMILES string of the molecule is CCCCCN(C)C(C(=O)O)C(=C=O)C(C)C.O. The van der Waals surface area contributed by atoms with Crippen LogP contribution >= 0.6 is 0 Å². The van der Waals surface area contributed by atoms with E-state index in [1.54, 1.807) is 17.9 Å². The molecule has 0 spiro atoms. The van der Waals surface area contributed by atoms with Crippen LogP contribution < -0.4 is 0 Å². The van der Waals surface area contributed by atoms with E-state index in [9.17, 15) is 14.7 Å². The molecule has 5 nitrogen and oxygen atoms in total. The van der Waals surface area contributed by atoms with Gasteiger partial charge in [0.05, 0.1) is 0 Å². The first kappa shape index (κ1) is 19.2. The van der Waals surface area contributed by atoms with Gasteiger partial charge in [0, 0.05) is 5.57 Å². The van der Waals surface area contributed by atoms with Crippen LogP contribution in [0.1, 0.15) is 40.0 Å². The van der Waals surface area contributed by atoms with Gasteiger partial charge in [-0.15, -0.1) is 0 Å². The normalized spacial score (nSPS) is 11.9. The van der Waals surface area contributed by atoms with Crippen LogP contribution in [-0.2, 0) is 9.59 Å². The molecule has 0 aliphatic heterocycles. The van der Waals surface area contributed by atoms with Crippen LogP contribution in [0.15, 0.2) is 5.57 Å². The molecule has 0 aromatic carbocycles. The molecule has 0 aromatic rings. The smallest absolute Gasteiger partial charge is 0.326 e. The summed E-state index contributed by atoms with van der Waals surface area (Å²) in [7, 11) is 1.74. The number of rotatable bonds is 8. The fourth-order valence-corrected chi connectivity index (χ4v) is 1.79. The fraction of sp³-hybridized carbons (Fsp3) is 0.769. The molecular formula is C13H25NO4. The van der Waals surface area contributed by atoms with E-state index in [1.165, 1.54) is 0 Å². The first-order valence-electron chi connectivity index (χ1n) is 6.13. The van der Waals surface area contributed by atoms with Crippen molar-refractivity contribution in [3.05, 3.63) is 5.57 Å². The monoisotopic (exact) mass is 259 g/mol. The van der Waals surface area contributed by atoms with Crippen LogP contribution in [0, 0.1) is 5.92 Å². The Morgan fingerprint density at radius 2 is 1.89 bits per heavy atom. The van der Waals surface area contributed by atoms with Crippen LogP contribution in [0.4, 0.5) is 0 Å². The molecule has 0 aliphatic rings. The van der Waals surface area contributed by atoms with Gasteiger partial charge in [-0.1, -0.05) is 33.6 Å². The summed E-state index contributed by atoms with van der Waals surface area (Å²) in [4.78, 5) is 23.8. The van der Waals surface area contributed by atoms with E-state index in [4.69, 9.17) is 0 Å². The average molecular weight is 259 g/mol. The summed E-state index contributed by atoms with van der Waals surface area (Å²) in [6.45, 7) is 6.41. The first-order chi connectivity index (χ1) is 7.95. The Kier molecular flexibility index (Phi) is 10.5. The summed E-state index contributed by atoms with van der Waals surface area (Å²) < 4.78 is 0. The highest BCUT2D eigenvalue weighted by molar-refractivity contribution is 5.81. The zero-order valence-corrected chi connectivity index (χ0v) is 11.7. The van der Waals surface area contributed by atoms with Crippen molar-refractivity contribution < 1.29 is 20.2 Å². The van der Waals surface area contributed by atoms with Gasteiger partial charge in [0.25, 0.3) is 0 Å². The number of aliphatic carboxylic acids is 1.